The first-order valence-corrected chi connectivity index (χ1v) is 7.04. The highest BCUT2D eigenvalue weighted by atomic mass is 79.9. The molecule has 102 valence electrons. The molecule has 0 unspecified atom stereocenters. The van der Waals surface area contributed by atoms with E-state index in [-0.39, 0.29) is 0 Å². The monoisotopic (exact) mass is 330 g/mol. The normalized spacial score (nSPS) is 10.2. The molecule has 20 heavy (non-hydrogen) atoms. The number of hydrogen-bond donors (Lipinski definition) is 0. The van der Waals surface area contributed by atoms with E-state index in [2.05, 4.69) is 27.0 Å². The molecule has 0 radical (unpaired) electrons. The van der Waals surface area contributed by atoms with Gasteiger partial charge in [0.05, 0.1) is 0 Å². The lowest BCUT2D eigenvalue weighted by molar-refractivity contribution is 0.458. The molecule has 1 heterocycles. The lowest BCUT2D eigenvalue weighted by Gasteiger charge is -2.11. The SMILES string of the molecule is Cc1cc(C)c(C#N)c(Oc2cc(C)c(Br)c(C)c2)n1. The molecule has 3 nitrogen and oxygen atoms in total. The third kappa shape index (κ3) is 2.83. The summed E-state index contributed by atoms with van der Waals surface area (Å²) in [4.78, 5) is 4.33. The first-order valence-electron chi connectivity index (χ1n) is 6.25. The summed E-state index contributed by atoms with van der Waals surface area (Å²) in [6, 6.07) is 7.89. The van der Waals surface area contributed by atoms with Gasteiger partial charge in [-0.2, -0.15) is 5.26 Å². The molecule has 0 saturated carbocycles. The van der Waals surface area contributed by atoms with Crippen molar-refractivity contribution in [1.82, 2.24) is 4.98 Å². The number of aromatic nitrogens is 1. The summed E-state index contributed by atoms with van der Waals surface area (Å²) in [5.41, 5.74) is 4.36. The second-order valence-electron chi connectivity index (χ2n) is 4.85. The molecule has 0 fully saturated rings. The van der Waals surface area contributed by atoms with Crippen LogP contribution < -0.4 is 4.74 Å². The average molecular weight is 331 g/mol. The van der Waals surface area contributed by atoms with Crippen LogP contribution in [0.3, 0.4) is 0 Å². The smallest absolute Gasteiger partial charge is 0.237 e. The molecule has 0 aliphatic carbocycles. The molecule has 2 rings (SSSR count). The van der Waals surface area contributed by atoms with Crippen LogP contribution in [0.4, 0.5) is 0 Å². The van der Waals surface area contributed by atoms with Crippen LogP contribution in [0.1, 0.15) is 27.9 Å². The Balaban J connectivity index is 2.48. The number of halogens is 1. The Labute approximate surface area is 127 Å². The minimum Gasteiger partial charge on any atom is -0.438 e. The molecule has 0 aliphatic rings. The van der Waals surface area contributed by atoms with Gasteiger partial charge >= 0.3 is 0 Å². The highest BCUT2D eigenvalue weighted by molar-refractivity contribution is 9.10. The molecule has 0 amide bonds. The molecular formula is C16H15BrN2O. The van der Waals surface area contributed by atoms with Crippen molar-refractivity contribution in [3.05, 3.63) is 50.6 Å². The lowest BCUT2D eigenvalue weighted by atomic mass is 10.1. The average Bonchev–Trinajstić information content (AvgIpc) is 2.35. The summed E-state index contributed by atoms with van der Waals surface area (Å²) in [5, 5.41) is 9.24. The predicted molar refractivity (Wildman–Crippen MR) is 82.1 cm³/mol. The molecule has 0 saturated heterocycles. The fourth-order valence-electron chi connectivity index (χ4n) is 2.09. The molecule has 4 heteroatoms. The summed E-state index contributed by atoms with van der Waals surface area (Å²) in [6.07, 6.45) is 0. The van der Waals surface area contributed by atoms with E-state index in [1.54, 1.807) is 0 Å². The van der Waals surface area contributed by atoms with Gasteiger partial charge in [0.25, 0.3) is 0 Å². The van der Waals surface area contributed by atoms with Crippen LogP contribution in [0.15, 0.2) is 22.7 Å². The number of benzene rings is 1. The number of aryl methyl sites for hydroxylation is 4. The zero-order chi connectivity index (χ0) is 14.9. The summed E-state index contributed by atoms with van der Waals surface area (Å²) in [6.45, 7) is 7.78. The Kier molecular flexibility index (Phi) is 4.10. The Morgan fingerprint density at radius 2 is 1.65 bits per heavy atom. The van der Waals surface area contributed by atoms with Crippen molar-refractivity contribution in [3.8, 4) is 17.7 Å². The van der Waals surface area contributed by atoms with E-state index in [1.165, 1.54) is 0 Å². The Hall–Kier alpha value is -1.86. The van der Waals surface area contributed by atoms with Crippen molar-refractivity contribution in [2.75, 3.05) is 0 Å². The minimum atomic E-state index is 0.367. The molecule has 0 spiro atoms. The van der Waals surface area contributed by atoms with Gasteiger partial charge in [-0.25, -0.2) is 4.98 Å². The van der Waals surface area contributed by atoms with Gasteiger partial charge in [0.15, 0.2) is 0 Å². The molecule has 1 aromatic heterocycles. The number of hydrogen-bond acceptors (Lipinski definition) is 3. The van der Waals surface area contributed by atoms with E-state index in [1.807, 2.05) is 45.9 Å². The van der Waals surface area contributed by atoms with Crippen LogP contribution in [0.25, 0.3) is 0 Å². The fraction of sp³-hybridized carbons (Fsp3) is 0.250. The van der Waals surface area contributed by atoms with Gasteiger partial charge in [0, 0.05) is 10.2 Å². The lowest BCUT2D eigenvalue weighted by Crippen LogP contribution is -1.97. The molecule has 0 bridgehead atoms. The number of rotatable bonds is 2. The van der Waals surface area contributed by atoms with E-state index in [0.29, 0.717) is 17.2 Å². The molecule has 1 aromatic carbocycles. The van der Waals surface area contributed by atoms with Gasteiger partial charge in [-0.15, -0.1) is 0 Å². The molecular weight excluding hydrogens is 316 g/mol. The van der Waals surface area contributed by atoms with E-state index < -0.39 is 0 Å². The third-order valence-electron chi connectivity index (χ3n) is 3.05. The van der Waals surface area contributed by atoms with Crippen molar-refractivity contribution < 1.29 is 4.74 Å². The van der Waals surface area contributed by atoms with E-state index >= 15 is 0 Å². The van der Waals surface area contributed by atoms with Crippen LogP contribution >= 0.6 is 15.9 Å². The van der Waals surface area contributed by atoms with Crippen molar-refractivity contribution in [3.63, 3.8) is 0 Å². The highest BCUT2D eigenvalue weighted by Gasteiger charge is 2.12. The van der Waals surface area contributed by atoms with Crippen molar-refractivity contribution in [2.24, 2.45) is 0 Å². The topological polar surface area (TPSA) is 45.9 Å². The van der Waals surface area contributed by atoms with Crippen LogP contribution in [-0.2, 0) is 0 Å². The van der Waals surface area contributed by atoms with E-state index in [0.717, 1.165) is 26.9 Å². The first kappa shape index (κ1) is 14.5. The Morgan fingerprint density at radius 1 is 1.05 bits per heavy atom. The minimum absolute atomic E-state index is 0.367. The van der Waals surface area contributed by atoms with Gasteiger partial charge in [-0.05, 0) is 62.6 Å². The zero-order valence-corrected chi connectivity index (χ0v) is 13.5. The maximum atomic E-state index is 9.24. The maximum Gasteiger partial charge on any atom is 0.237 e. The van der Waals surface area contributed by atoms with Crippen molar-refractivity contribution in [2.45, 2.75) is 27.7 Å². The Morgan fingerprint density at radius 3 is 2.20 bits per heavy atom. The van der Waals surface area contributed by atoms with Gasteiger partial charge < -0.3 is 4.74 Å². The molecule has 2 aromatic rings. The van der Waals surface area contributed by atoms with Crippen molar-refractivity contribution >= 4 is 15.9 Å². The van der Waals surface area contributed by atoms with Crippen molar-refractivity contribution in [1.29, 1.82) is 5.26 Å². The highest BCUT2D eigenvalue weighted by Crippen LogP contribution is 2.30. The maximum absolute atomic E-state index is 9.24. The largest absolute Gasteiger partial charge is 0.438 e. The number of nitrogens with zero attached hydrogens (tertiary/aromatic N) is 2. The fourth-order valence-corrected chi connectivity index (χ4v) is 2.32. The van der Waals surface area contributed by atoms with Crippen LogP contribution in [0.2, 0.25) is 0 Å². The van der Waals surface area contributed by atoms with Crippen LogP contribution in [0.5, 0.6) is 11.6 Å². The quantitative estimate of drug-likeness (QED) is 0.798. The number of pyridine rings is 1. The van der Waals surface area contributed by atoms with E-state index in [4.69, 9.17) is 4.74 Å². The summed E-state index contributed by atoms with van der Waals surface area (Å²) < 4.78 is 6.89. The summed E-state index contributed by atoms with van der Waals surface area (Å²) in [5.74, 6) is 1.06. The predicted octanol–water partition coefficient (Wildman–Crippen LogP) is 4.74. The summed E-state index contributed by atoms with van der Waals surface area (Å²) in [7, 11) is 0. The second kappa shape index (κ2) is 5.64. The number of nitriles is 1. The summed E-state index contributed by atoms with van der Waals surface area (Å²) >= 11 is 3.53. The van der Waals surface area contributed by atoms with Gasteiger partial charge in [-0.1, -0.05) is 15.9 Å². The van der Waals surface area contributed by atoms with Gasteiger partial charge in [0.1, 0.15) is 17.4 Å². The molecule has 0 aliphatic heterocycles. The zero-order valence-electron chi connectivity index (χ0n) is 11.9. The standard InChI is InChI=1S/C16H15BrN2O/c1-9-5-12(4)19-16(14(9)8-18)20-13-6-10(2)15(17)11(3)7-13/h5-7H,1-4H3. The Bertz CT molecular complexity index is 694. The van der Waals surface area contributed by atoms with E-state index in [9.17, 15) is 5.26 Å². The molecule has 0 atom stereocenters. The second-order valence-corrected chi connectivity index (χ2v) is 5.64. The van der Waals surface area contributed by atoms with Gasteiger partial charge in [0.2, 0.25) is 5.88 Å². The molecule has 0 N–H and O–H groups in total. The number of ether oxygens (including phenoxy) is 1. The van der Waals surface area contributed by atoms with Crippen LogP contribution in [-0.4, -0.2) is 4.98 Å². The van der Waals surface area contributed by atoms with Gasteiger partial charge in [-0.3, -0.25) is 0 Å². The van der Waals surface area contributed by atoms with Crippen LogP contribution in [0, 0.1) is 39.0 Å². The first-order chi connectivity index (χ1) is 9.42. The third-order valence-corrected chi connectivity index (χ3v) is 4.30.